The molecule has 1 saturated heterocycles. The Morgan fingerprint density at radius 3 is 2.32 bits per heavy atom. The summed E-state index contributed by atoms with van der Waals surface area (Å²) < 4.78 is 0. The number of nitrogens with zero attached hydrogens (tertiary/aromatic N) is 1. The van der Waals surface area contributed by atoms with Gasteiger partial charge in [-0.1, -0.05) is 47.5 Å². The zero-order valence-corrected chi connectivity index (χ0v) is 13.0. The summed E-state index contributed by atoms with van der Waals surface area (Å²) in [6, 6.07) is -0.406. The van der Waals surface area contributed by atoms with E-state index in [0.29, 0.717) is 18.9 Å². The van der Waals surface area contributed by atoms with E-state index in [0.717, 1.165) is 19.4 Å². The van der Waals surface area contributed by atoms with Crippen LogP contribution < -0.4 is 5.32 Å². The zero-order valence-electron chi connectivity index (χ0n) is 13.0. The summed E-state index contributed by atoms with van der Waals surface area (Å²) >= 11 is 0. The highest BCUT2D eigenvalue weighted by molar-refractivity contribution is 5.90. The average Bonchev–Trinajstić information content (AvgIpc) is 2.47. The average molecular weight is 268 g/mol. The van der Waals surface area contributed by atoms with Gasteiger partial charge in [-0.25, -0.2) is 0 Å². The van der Waals surface area contributed by atoms with Gasteiger partial charge >= 0.3 is 0 Å². The molecule has 110 valence electrons. The van der Waals surface area contributed by atoms with Crippen LogP contribution in [0.1, 0.15) is 53.9 Å². The van der Waals surface area contributed by atoms with E-state index in [1.165, 1.54) is 0 Å². The Morgan fingerprint density at radius 2 is 1.84 bits per heavy atom. The highest BCUT2D eigenvalue weighted by Crippen LogP contribution is 2.24. The van der Waals surface area contributed by atoms with Crippen LogP contribution in [-0.2, 0) is 9.59 Å². The van der Waals surface area contributed by atoms with Crippen LogP contribution in [-0.4, -0.2) is 35.8 Å². The molecule has 19 heavy (non-hydrogen) atoms. The van der Waals surface area contributed by atoms with Crippen LogP contribution in [0.15, 0.2) is 0 Å². The van der Waals surface area contributed by atoms with Crippen molar-refractivity contribution in [1.29, 1.82) is 0 Å². The van der Waals surface area contributed by atoms with Gasteiger partial charge in [-0.3, -0.25) is 9.59 Å². The zero-order chi connectivity index (χ0) is 14.6. The first kappa shape index (κ1) is 16.0. The predicted octanol–water partition coefficient (Wildman–Crippen LogP) is 2.19. The Kier molecular flexibility index (Phi) is 5.39. The largest absolute Gasteiger partial charge is 0.344 e. The smallest absolute Gasteiger partial charge is 0.245 e. The Hall–Kier alpha value is -1.06. The molecule has 1 aliphatic heterocycles. The predicted molar refractivity (Wildman–Crippen MR) is 76.7 cm³/mol. The number of carbonyl (C=O) groups is 2. The number of hydrogen-bond acceptors (Lipinski definition) is 2. The lowest BCUT2D eigenvalue weighted by Gasteiger charge is -2.33. The summed E-state index contributed by atoms with van der Waals surface area (Å²) in [6.07, 6.45) is 2.56. The van der Waals surface area contributed by atoms with Crippen molar-refractivity contribution in [2.24, 2.45) is 11.3 Å². The molecule has 2 amide bonds. The van der Waals surface area contributed by atoms with Gasteiger partial charge in [0.15, 0.2) is 0 Å². The fourth-order valence-corrected chi connectivity index (χ4v) is 2.45. The SMILES string of the molecule is CCC(CC)CN1CCC(=O)NC(C(C)(C)C)C1=O. The minimum Gasteiger partial charge on any atom is -0.344 e. The van der Waals surface area contributed by atoms with Crippen LogP contribution in [0.3, 0.4) is 0 Å². The van der Waals surface area contributed by atoms with Crippen LogP contribution in [0.25, 0.3) is 0 Å². The minimum absolute atomic E-state index is 0.0136. The lowest BCUT2D eigenvalue weighted by molar-refractivity contribution is -0.137. The lowest BCUT2D eigenvalue weighted by atomic mass is 9.85. The molecule has 0 saturated carbocycles. The van der Waals surface area contributed by atoms with Crippen molar-refractivity contribution < 1.29 is 9.59 Å². The Bertz CT molecular complexity index is 330. The van der Waals surface area contributed by atoms with E-state index >= 15 is 0 Å². The van der Waals surface area contributed by atoms with Gasteiger partial charge in [0.1, 0.15) is 6.04 Å². The van der Waals surface area contributed by atoms with Gasteiger partial charge < -0.3 is 10.2 Å². The molecular weight excluding hydrogens is 240 g/mol. The topological polar surface area (TPSA) is 49.4 Å². The second kappa shape index (κ2) is 6.40. The molecule has 0 bridgehead atoms. The first-order valence-corrected chi connectivity index (χ1v) is 7.37. The molecule has 1 N–H and O–H groups in total. The van der Waals surface area contributed by atoms with Crippen molar-refractivity contribution in [1.82, 2.24) is 10.2 Å². The Morgan fingerprint density at radius 1 is 1.26 bits per heavy atom. The molecule has 1 fully saturated rings. The van der Waals surface area contributed by atoms with Crippen LogP contribution in [0.2, 0.25) is 0 Å². The highest BCUT2D eigenvalue weighted by atomic mass is 16.2. The monoisotopic (exact) mass is 268 g/mol. The van der Waals surface area contributed by atoms with Gasteiger partial charge in [0.05, 0.1) is 0 Å². The molecule has 4 nitrogen and oxygen atoms in total. The summed E-state index contributed by atoms with van der Waals surface area (Å²) in [4.78, 5) is 26.3. The molecule has 4 heteroatoms. The maximum absolute atomic E-state index is 12.6. The molecule has 0 aliphatic carbocycles. The van der Waals surface area contributed by atoms with Crippen LogP contribution in [0.5, 0.6) is 0 Å². The Labute approximate surface area is 116 Å². The third kappa shape index (κ3) is 4.22. The van der Waals surface area contributed by atoms with Crippen molar-refractivity contribution in [3.63, 3.8) is 0 Å². The van der Waals surface area contributed by atoms with Crippen molar-refractivity contribution in [3.05, 3.63) is 0 Å². The third-order valence-electron chi connectivity index (χ3n) is 3.97. The first-order chi connectivity index (χ1) is 8.79. The summed E-state index contributed by atoms with van der Waals surface area (Å²) in [5.41, 5.74) is -0.247. The summed E-state index contributed by atoms with van der Waals surface area (Å²) in [7, 11) is 0. The van der Waals surface area contributed by atoms with Gasteiger partial charge in [0.25, 0.3) is 0 Å². The molecule has 0 aromatic heterocycles. The van der Waals surface area contributed by atoms with Crippen LogP contribution in [0.4, 0.5) is 0 Å². The quantitative estimate of drug-likeness (QED) is 0.849. The van der Waals surface area contributed by atoms with Crippen molar-refractivity contribution in [2.45, 2.75) is 59.9 Å². The molecule has 0 aromatic rings. The lowest BCUT2D eigenvalue weighted by Crippen LogP contribution is -2.52. The highest BCUT2D eigenvalue weighted by Gasteiger charge is 2.38. The third-order valence-corrected chi connectivity index (χ3v) is 3.97. The molecule has 0 aromatic carbocycles. The van der Waals surface area contributed by atoms with Crippen LogP contribution >= 0.6 is 0 Å². The minimum atomic E-state index is -0.406. The molecule has 1 unspecified atom stereocenters. The van der Waals surface area contributed by atoms with Gasteiger partial charge in [-0.2, -0.15) is 0 Å². The second-order valence-electron chi connectivity index (χ2n) is 6.58. The summed E-state index contributed by atoms with van der Waals surface area (Å²) in [5, 5.41) is 2.88. The standard InChI is InChI=1S/C15H28N2O2/c1-6-11(7-2)10-17-9-8-12(18)16-13(14(17)19)15(3,4)5/h11,13H,6-10H2,1-5H3,(H,16,18). The van der Waals surface area contributed by atoms with E-state index in [2.05, 4.69) is 19.2 Å². The molecule has 0 spiro atoms. The van der Waals surface area contributed by atoms with Crippen molar-refractivity contribution in [2.75, 3.05) is 13.1 Å². The molecule has 0 radical (unpaired) electrons. The number of carbonyl (C=O) groups excluding carboxylic acids is 2. The van der Waals surface area contributed by atoms with E-state index < -0.39 is 6.04 Å². The first-order valence-electron chi connectivity index (χ1n) is 7.37. The van der Waals surface area contributed by atoms with E-state index in [9.17, 15) is 9.59 Å². The van der Waals surface area contributed by atoms with E-state index in [-0.39, 0.29) is 17.2 Å². The maximum Gasteiger partial charge on any atom is 0.245 e. The van der Waals surface area contributed by atoms with Crippen LogP contribution in [0, 0.1) is 11.3 Å². The number of hydrogen-bond donors (Lipinski definition) is 1. The van der Waals surface area contributed by atoms with Gasteiger partial charge in [-0.05, 0) is 11.3 Å². The maximum atomic E-state index is 12.6. The number of nitrogens with one attached hydrogen (secondary N) is 1. The van der Waals surface area contributed by atoms with E-state index in [1.54, 1.807) is 0 Å². The molecular formula is C15H28N2O2. The fourth-order valence-electron chi connectivity index (χ4n) is 2.45. The van der Waals surface area contributed by atoms with Gasteiger partial charge in [0.2, 0.25) is 11.8 Å². The van der Waals surface area contributed by atoms with Crippen molar-refractivity contribution in [3.8, 4) is 0 Å². The molecule has 1 rings (SSSR count). The Balaban J connectivity index is 2.87. The number of rotatable bonds is 4. The summed E-state index contributed by atoms with van der Waals surface area (Å²) in [5.74, 6) is 0.586. The van der Waals surface area contributed by atoms with E-state index in [4.69, 9.17) is 0 Å². The molecule has 1 heterocycles. The van der Waals surface area contributed by atoms with E-state index in [1.807, 2.05) is 25.7 Å². The summed E-state index contributed by atoms with van der Waals surface area (Å²) in [6.45, 7) is 11.6. The van der Waals surface area contributed by atoms with Gasteiger partial charge in [-0.15, -0.1) is 0 Å². The number of amides is 2. The molecule has 1 atom stereocenters. The second-order valence-corrected chi connectivity index (χ2v) is 6.58. The fraction of sp³-hybridized carbons (Fsp3) is 0.867. The molecule has 1 aliphatic rings. The van der Waals surface area contributed by atoms with Crippen molar-refractivity contribution >= 4 is 11.8 Å². The normalized spacial score (nSPS) is 21.6. The van der Waals surface area contributed by atoms with Gasteiger partial charge in [0, 0.05) is 19.5 Å².